The van der Waals surface area contributed by atoms with Crippen LogP contribution in [0.25, 0.3) is 0 Å². The maximum Gasteiger partial charge on any atom is 0.168 e. The number of hydrogen-bond donors (Lipinski definition) is 1. The molecule has 0 saturated carbocycles. The maximum atomic E-state index is 10.6. The number of rotatable bonds is 0. The van der Waals surface area contributed by atoms with Crippen molar-refractivity contribution in [1.29, 1.82) is 5.26 Å². The van der Waals surface area contributed by atoms with Gasteiger partial charge in [-0.05, 0) is 48.7 Å². The van der Waals surface area contributed by atoms with Gasteiger partial charge in [-0.2, -0.15) is 5.26 Å². The molecule has 1 aliphatic carbocycles. The molecule has 1 aromatic heterocycles. The molecule has 0 saturated heterocycles. The van der Waals surface area contributed by atoms with Crippen LogP contribution in [0, 0.1) is 23.2 Å². The standard InChI is InChI=1S/C17H12N2O/c18-12-14-5-3-13(4-6-14)7-9-17(20)10-8-15-2-1-11-19-16(15)17/h1-6,11,20H,8,10H2/t17-/m0/s1. The highest BCUT2D eigenvalue weighted by Crippen LogP contribution is 2.34. The zero-order valence-corrected chi connectivity index (χ0v) is 10.8. The lowest BCUT2D eigenvalue weighted by Crippen LogP contribution is -2.20. The molecule has 20 heavy (non-hydrogen) atoms. The van der Waals surface area contributed by atoms with Gasteiger partial charge in [0.05, 0.1) is 17.3 Å². The average Bonchev–Trinajstić information content (AvgIpc) is 2.84. The van der Waals surface area contributed by atoms with Crippen LogP contribution in [0.3, 0.4) is 0 Å². The van der Waals surface area contributed by atoms with Crippen molar-refractivity contribution in [1.82, 2.24) is 4.98 Å². The number of aromatic nitrogens is 1. The Morgan fingerprint density at radius 2 is 1.90 bits per heavy atom. The van der Waals surface area contributed by atoms with Gasteiger partial charge >= 0.3 is 0 Å². The molecular formula is C17H12N2O. The molecule has 0 bridgehead atoms. The number of aliphatic hydroxyl groups is 1. The fourth-order valence-electron chi connectivity index (χ4n) is 2.37. The lowest BCUT2D eigenvalue weighted by Gasteiger charge is -2.14. The van der Waals surface area contributed by atoms with Crippen molar-refractivity contribution in [3.8, 4) is 17.9 Å². The lowest BCUT2D eigenvalue weighted by molar-refractivity contribution is 0.0982. The fraction of sp³-hybridized carbons (Fsp3) is 0.176. The second-order valence-corrected chi connectivity index (χ2v) is 4.81. The van der Waals surface area contributed by atoms with E-state index in [-0.39, 0.29) is 0 Å². The molecule has 1 atom stereocenters. The summed E-state index contributed by atoms with van der Waals surface area (Å²) in [6, 6.07) is 12.9. The minimum atomic E-state index is -1.16. The normalized spacial score (nSPS) is 19.6. The Hall–Kier alpha value is -2.62. The van der Waals surface area contributed by atoms with Gasteiger partial charge in [0.15, 0.2) is 5.60 Å². The van der Waals surface area contributed by atoms with E-state index in [0.29, 0.717) is 17.7 Å². The summed E-state index contributed by atoms with van der Waals surface area (Å²) < 4.78 is 0. The van der Waals surface area contributed by atoms with Crippen LogP contribution >= 0.6 is 0 Å². The van der Waals surface area contributed by atoms with Crippen LogP contribution in [0.5, 0.6) is 0 Å². The van der Waals surface area contributed by atoms with Crippen LogP contribution in [0.2, 0.25) is 0 Å². The molecule has 1 N–H and O–H groups in total. The smallest absolute Gasteiger partial charge is 0.168 e. The topological polar surface area (TPSA) is 56.9 Å². The molecule has 0 aliphatic heterocycles. The van der Waals surface area contributed by atoms with Crippen molar-refractivity contribution in [3.63, 3.8) is 0 Å². The zero-order chi connectivity index (χ0) is 14.0. The summed E-state index contributed by atoms with van der Waals surface area (Å²) in [5, 5.41) is 19.4. The molecule has 2 aromatic rings. The fourth-order valence-corrected chi connectivity index (χ4v) is 2.37. The molecule has 1 heterocycles. The Morgan fingerprint density at radius 1 is 1.15 bits per heavy atom. The average molecular weight is 260 g/mol. The summed E-state index contributed by atoms with van der Waals surface area (Å²) in [7, 11) is 0. The molecule has 0 amide bonds. The van der Waals surface area contributed by atoms with E-state index in [4.69, 9.17) is 5.26 Å². The van der Waals surface area contributed by atoms with Crippen molar-refractivity contribution < 1.29 is 5.11 Å². The highest BCUT2D eigenvalue weighted by Gasteiger charge is 2.36. The molecule has 1 aliphatic rings. The number of hydrogen-bond acceptors (Lipinski definition) is 3. The van der Waals surface area contributed by atoms with Gasteiger partial charge in [-0.1, -0.05) is 17.9 Å². The molecule has 3 rings (SSSR count). The van der Waals surface area contributed by atoms with Gasteiger partial charge in [0.1, 0.15) is 0 Å². The second-order valence-electron chi connectivity index (χ2n) is 4.81. The highest BCUT2D eigenvalue weighted by atomic mass is 16.3. The third-order valence-corrected chi connectivity index (χ3v) is 3.47. The van der Waals surface area contributed by atoms with Crippen LogP contribution in [0.15, 0.2) is 42.6 Å². The van der Waals surface area contributed by atoms with Crippen molar-refractivity contribution in [3.05, 3.63) is 65.0 Å². The third-order valence-electron chi connectivity index (χ3n) is 3.47. The number of nitriles is 1. The molecule has 0 radical (unpaired) electrons. The van der Waals surface area contributed by atoms with Crippen LogP contribution in [-0.4, -0.2) is 10.1 Å². The number of nitrogens with zero attached hydrogens (tertiary/aromatic N) is 2. The molecular weight excluding hydrogens is 248 g/mol. The van der Waals surface area contributed by atoms with Gasteiger partial charge < -0.3 is 5.11 Å². The Labute approximate surface area is 117 Å². The monoisotopic (exact) mass is 260 g/mol. The van der Waals surface area contributed by atoms with E-state index in [9.17, 15) is 5.11 Å². The molecule has 0 fully saturated rings. The molecule has 3 heteroatoms. The Bertz CT molecular complexity index is 747. The van der Waals surface area contributed by atoms with Gasteiger partial charge in [0, 0.05) is 11.8 Å². The third kappa shape index (κ3) is 2.16. The molecule has 1 aromatic carbocycles. The van der Waals surface area contributed by atoms with E-state index in [1.807, 2.05) is 12.1 Å². The summed E-state index contributed by atoms with van der Waals surface area (Å²) >= 11 is 0. The van der Waals surface area contributed by atoms with E-state index in [2.05, 4.69) is 22.9 Å². The largest absolute Gasteiger partial charge is 0.372 e. The van der Waals surface area contributed by atoms with Gasteiger partial charge in [0.25, 0.3) is 0 Å². The van der Waals surface area contributed by atoms with E-state index in [1.165, 1.54) is 0 Å². The number of benzene rings is 1. The Morgan fingerprint density at radius 3 is 2.65 bits per heavy atom. The molecule has 96 valence electrons. The predicted molar refractivity (Wildman–Crippen MR) is 74.5 cm³/mol. The van der Waals surface area contributed by atoms with Crippen molar-refractivity contribution in [2.75, 3.05) is 0 Å². The van der Waals surface area contributed by atoms with Gasteiger partial charge in [-0.3, -0.25) is 4.98 Å². The number of pyridine rings is 1. The van der Waals surface area contributed by atoms with Crippen molar-refractivity contribution in [2.24, 2.45) is 0 Å². The summed E-state index contributed by atoms with van der Waals surface area (Å²) in [5.41, 5.74) is 1.94. The first-order valence-electron chi connectivity index (χ1n) is 6.41. The number of aryl methyl sites for hydroxylation is 1. The minimum Gasteiger partial charge on any atom is -0.372 e. The first-order chi connectivity index (χ1) is 9.71. The summed E-state index contributed by atoms with van der Waals surface area (Å²) in [5.74, 6) is 5.90. The Balaban J connectivity index is 1.92. The van der Waals surface area contributed by atoms with Crippen molar-refractivity contribution >= 4 is 0 Å². The zero-order valence-electron chi connectivity index (χ0n) is 10.8. The van der Waals surface area contributed by atoms with E-state index in [1.54, 1.807) is 30.5 Å². The molecule has 0 spiro atoms. The van der Waals surface area contributed by atoms with Gasteiger partial charge in [-0.15, -0.1) is 0 Å². The Kier molecular flexibility index (Phi) is 2.99. The minimum absolute atomic E-state index is 0.572. The highest BCUT2D eigenvalue weighted by molar-refractivity contribution is 5.44. The lowest BCUT2D eigenvalue weighted by atomic mass is 10.0. The second kappa shape index (κ2) is 4.81. The maximum absolute atomic E-state index is 10.6. The van der Waals surface area contributed by atoms with E-state index >= 15 is 0 Å². The SMILES string of the molecule is N#Cc1ccc(C#C[C@]2(O)CCc3cccnc32)cc1. The van der Waals surface area contributed by atoms with E-state index in [0.717, 1.165) is 17.5 Å². The predicted octanol–water partition coefficient (Wildman–Crippen LogP) is 2.14. The first kappa shape index (κ1) is 12.4. The van der Waals surface area contributed by atoms with Crippen LogP contribution in [-0.2, 0) is 12.0 Å². The van der Waals surface area contributed by atoms with Gasteiger partial charge in [-0.25, -0.2) is 0 Å². The van der Waals surface area contributed by atoms with Crippen LogP contribution in [0.1, 0.15) is 28.8 Å². The molecule has 0 unspecified atom stereocenters. The van der Waals surface area contributed by atoms with E-state index < -0.39 is 5.60 Å². The summed E-state index contributed by atoms with van der Waals surface area (Å²) in [6.07, 6.45) is 3.04. The summed E-state index contributed by atoms with van der Waals surface area (Å²) in [6.45, 7) is 0. The number of fused-ring (bicyclic) bond motifs is 1. The molecule has 3 nitrogen and oxygen atoms in total. The van der Waals surface area contributed by atoms with Crippen molar-refractivity contribution in [2.45, 2.75) is 18.4 Å². The van der Waals surface area contributed by atoms with Gasteiger partial charge in [0.2, 0.25) is 0 Å². The summed E-state index contributed by atoms with van der Waals surface area (Å²) in [4.78, 5) is 4.26. The quantitative estimate of drug-likeness (QED) is 0.738. The van der Waals surface area contributed by atoms with Crippen LogP contribution in [0.4, 0.5) is 0 Å². The van der Waals surface area contributed by atoms with Crippen LogP contribution < -0.4 is 0 Å². The first-order valence-corrected chi connectivity index (χ1v) is 6.41.